The van der Waals surface area contributed by atoms with Crippen molar-refractivity contribution in [1.82, 2.24) is 19.5 Å². The Morgan fingerprint density at radius 3 is 2.11 bits per heavy atom. The van der Waals surface area contributed by atoms with E-state index < -0.39 is 43.1 Å². The van der Waals surface area contributed by atoms with E-state index in [2.05, 4.69) is 15.0 Å². The van der Waals surface area contributed by atoms with Crippen LogP contribution in [0.1, 0.15) is 26.9 Å². The van der Waals surface area contributed by atoms with Crippen molar-refractivity contribution in [1.29, 1.82) is 0 Å². The summed E-state index contributed by atoms with van der Waals surface area (Å²) >= 11 is 0. The Hall–Kier alpha value is -4.35. The molecule has 0 spiro atoms. The van der Waals surface area contributed by atoms with Crippen LogP contribution in [0.5, 0.6) is 0 Å². The molecule has 11 nitrogen and oxygen atoms in total. The average molecular weight is 475 g/mol. The van der Waals surface area contributed by atoms with Gasteiger partial charge in [-0.3, -0.25) is 4.57 Å². The lowest BCUT2D eigenvalue weighted by atomic mass is 10.1. The highest BCUT2D eigenvalue weighted by Gasteiger charge is 2.51. The first-order valence-electron chi connectivity index (χ1n) is 10.8. The fourth-order valence-corrected chi connectivity index (χ4v) is 3.93. The Morgan fingerprint density at radius 1 is 0.914 bits per heavy atom. The van der Waals surface area contributed by atoms with Gasteiger partial charge in [0.2, 0.25) is 0 Å². The zero-order valence-corrected chi connectivity index (χ0v) is 18.3. The summed E-state index contributed by atoms with van der Waals surface area (Å²) in [7, 11) is 0. The molecule has 178 valence electrons. The number of nitrogens with two attached hydrogens (primary N) is 1. The molecule has 2 aromatic heterocycles. The fourth-order valence-electron chi connectivity index (χ4n) is 3.93. The number of aromatic nitrogens is 4. The molecule has 5 rings (SSSR count). The molecule has 0 aliphatic carbocycles. The van der Waals surface area contributed by atoms with Gasteiger partial charge in [0.15, 0.2) is 29.9 Å². The highest BCUT2D eigenvalue weighted by molar-refractivity contribution is 5.90. The highest BCUT2D eigenvalue weighted by Crippen LogP contribution is 2.36. The third-order valence-electron chi connectivity index (χ3n) is 5.63. The van der Waals surface area contributed by atoms with Crippen LogP contribution in [0, 0.1) is 0 Å². The molecule has 4 aromatic rings. The van der Waals surface area contributed by atoms with Crippen molar-refractivity contribution in [3.05, 3.63) is 84.4 Å². The Labute approximate surface area is 199 Å². The zero-order valence-electron chi connectivity index (χ0n) is 18.3. The standard InChI is InChI=1S/C24H21N5O6/c25-20-17-21(27-12-26-20)29(13-28-17)22-19(35-24(32)15-9-5-2-6-10-15)18(16(11-30)33-22)34-23(31)14-7-3-1-4-8-14/h1-10,12-13,16,18-19,22,30H,11H2,(H2,25,26,27)/t16-,18-,19+,22-/m1/s1. The number of nitrogen functional groups attached to an aromatic ring is 1. The molecule has 1 fully saturated rings. The minimum absolute atomic E-state index is 0.162. The van der Waals surface area contributed by atoms with Crippen LogP contribution in [0.3, 0.4) is 0 Å². The molecule has 2 aromatic carbocycles. The van der Waals surface area contributed by atoms with Crippen LogP contribution in [0.4, 0.5) is 5.82 Å². The Kier molecular flexibility index (Phi) is 6.08. The summed E-state index contributed by atoms with van der Waals surface area (Å²) < 4.78 is 19.1. The molecule has 0 bridgehead atoms. The number of benzene rings is 2. The van der Waals surface area contributed by atoms with E-state index in [1.54, 1.807) is 60.7 Å². The lowest BCUT2D eigenvalue weighted by Crippen LogP contribution is -2.40. The van der Waals surface area contributed by atoms with Gasteiger partial charge in [-0.2, -0.15) is 0 Å². The molecule has 1 aliphatic heterocycles. The summed E-state index contributed by atoms with van der Waals surface area (Å²) in [6.07, 6.45) is -1.58. The first-order chi connectivity index (χ1) is 17.1. The number of nitrogens with zero attached hydrogens (tertiary/aromatic N) is 4. The quantitative estimate of drug-likeness (QED) is 0.395. The van der Waals surface area contributed by atoms with Crippen LogP contribution in [0.15, 0.2) is 73.3 Å². The zero-order chi connectivity index (χ0) is 24.4. The monoisotopic (exact) mass is 475 g/mol. The third-order valence-corrected chi connectivity index (χ3v) is 5.63. The number of rotatable bonds is 6. The van der Waals surface area contributed by atoms with Gasteiger partial charge in [0, 0.05) is 0 Å². The molecule has 4 atom stereocenters. The number of carbonyl (C=O) groups is 2. The van der Waals surface area contributed by atoms with Crippen molar-refractivity contribution in [2.24, 2.45) is 0 Å². The van der Waals surface area contributed by atoms with Crippen molar-refractivity contribution in [2.45, 2.75) is 24.5 Å². The van der Waals surface area contributed by atoms with Gasteiger partial charge in [0.05, 0.1) is 24.1 Å². The maximum Gasteiger partial charge on any atom is 0.338 e. The van der Waals surface area contributed by atoms with Crippen LogP contribution >= 0.6 is 0 Å². The predicted octanol–water partition coefficient (Wildman–Crippen LogP) is 1.75. The van der Waals surface area contributed by atoms with Crippen molar-refractivity contribution in [2.75, 3.05) is 12.3 Å². The Bertz CT molecular complexity index is 1350. The number of anilines is 1. The summed E-state index contributed by atoms with van der Waals surface area (Å²) in [5, 5.41) is 10.0. The van der Waals surface area contributed by atoms with Crippen molar-refractivity contribution >= 4 is 28.9 Å². The van der Waals surface area contributed by atoms with Crippen LogP contribution in [0.2, 0.25) is 0 Å². The van der Waals surface area contributed by atoms with Crippen LogP contribution < -0.4 is 5.73 Å². The topological polar surface area (TPSA) is 152 Å². The van der Waals surface area contributed by atoms with Crippen LogP contribution in [-0.2, 0) is 14.2 Å². The number of aliphatic hydroxyl groups excluding tert-OH is 1. The number of hydrogen-bond donors (Lipinski definition) is 2. The second kappa shape index (κ2) is 9.49. The van der Waals surface area contributed by atoms with Crippen molar-refractivity contribution in [3.63, 3.8) is 0 Å². The minimum Gasteiger partial charge on any atom is -0.452 e. The number of hydrogen-bond acceptors (Lipinski definition) is 10. The largest absolute Gasteiger partial charge is 0.452 e. The third kappa shape index (κ3) is 4.29. The molecule has 1 saturated heterocycles. The van der Waals surface area contributed by atoms with Gasteiger partial charge in [0.1, 0.15) is 17.9 Å². The molecule has 3 heterocycles. The summed E-state index contributed by atoms with van der Waals surface area (Å²) in [4.78, 5) is 38.2. The van der Waals surface area contributed by atoms with E-state index in [1.165, 1.54) is 17.2 Å². The average Bonchev–Trinajstić information content (AvgIpc) is 3.47. The van der Waals surface area contributed by atoms with E-state index in [1.807, 2.05) is 0 Å². The normalized spacial score (nSPS) is 21.6. The first kappa shape index (κ1) is 22.4. The summed E-state index contributed by atoms with van der Waals surface area (Å²) in [5.41, 5.74) is 7.17. The second-order valence-corrected chi connectivity index (χ2v) is 7.80. The van der Waals surface area contributed by atoms with Gasteiger partial charge < -0.3 is 25.1 Å². The first-order valence-corrected chi connectivity index (χ1v) is 10.8. The number of aliphatic hydroxyl groups is 1. The molecule has 0 saturated carbocycles. The number of carbonyl (C=O) groups excluding carboxylic acids is 2. The lowest BCUT2D eigenvalue weighted by molar-refractivity contribution is -0.0566. The minimum atomic E-state index is -1.14. The van der Waals surface area contributed by atoms with Gasteiger partial charge >= 0.3 is 11.9 Å². The Morgan fingerprint density at radius 2 is 1.51 bits per heavy atom. The van der Waals surface area contributed by atoms with Gasteiger partial charge in [-0.15, -0.1) is 0 Å². The number of imidazole rings is 1. The molecule has 0 unspecified atom stereocenters. The number of fused-ring (bicyclic) bond motifs is 1. The van der Waals surface area contributed by atoms with Crippen LogP contribution in [0.25, 0.3) is 11.2 Å². The smallest absolute Gasteiger partial charge is 0.338 e. The number of esters is 2. The van der Waals surface area contributed by atoms with E-state index in [-0.39, 0.29) is 5.82 Å². The fraction of sp³-hybridized carbons (Fsp3) is 0.208. The van der Waals surface area contributed by atoms with E-state index in [9.17, 15) is 14.7 Å². The van der Waals surface area contributed by atoms with E-state index in [0.717, 1.165) is 0 Å². The van der Waals surface area contributed by atoms with E-state index in [4.69, 9.17) is 19.9 Å². The van der Waals surface area contributed by atoms with Crippen molar-refractivity contribution < 1.29 is 28.9 Å². The molecular weight excluding hydrogens is 454 g/mol. The Balaban J connectivity index is 1.52. The van der Waals surface area contributed by atoms with Crippen molar-refractivity contribution in [3.8, 4) is 0 Å². The highest BCUT2D eigenvalue weighted by atomic mass is 16.6. The van der Waals surface area contributed by atoms with Gasteiger partial charge in [-0.25, -0.2) is 24.5 Å². The lowest BCUT2D eigenvalue weighted by Gasteiger charge is -2.24. The molecule has 0 amide bonds. The predicted molar refractivity (Wildman–Crippen MR) is 122 cm³/mol. The molecule has 35 heavy (non-hydrogen) atoms. The van der Waals surface area contributed by atoms with Crippen LogP contribution in [-0.4, -0.2) is 61.5 Å². The van der Waals surface area contributed by atoms with Gasteiger partial charge in [-0.05, 0) is 24.3 Å². The molecule has 0 radical (unpaired) electrons. The molecular formula is C24H21N5O6. The SMILES string of the molecule is Nc1ncnc2c1ncn2[C@@H]1O[C@H](CO)[C@@H](OC(=O)c2ccccc2)[C@@H]1OC(=O)c1ccccc1. The second-order valence-electron chi connectivity index (χ2n) is 7.80. The van der Waals surface area contributed by atoms with E-state index >= 15 is 0 Å². The maximum atomic E-state index is 13.0. The molecule has 11 heteroatoms. The van der Waals surface area contributed by atoms with Gasteiger partial charge in [0.25, 0.3) is 0 Å². The molecule has 3 N–H and O–H groups in total. The summed E-state index contributed by atoms with van der Waals surface area (Å²) in [5.74, 6) is -1.14. The number of ether oxygens (including phenoxy) is 3. The van der Waals surface area contributed by atoms with E-state index in [0.29, 0.717) is 22.3 Å². The van der Waals surface area contributed by atoms with Gasteiger partial charge in [-0.1, -0.05) is 36.4 Å². The summed E-state index contributed by atoms with van der Waals surface area (Å²) in [6, 6.07) is 16.7. The maximum absolute atomic E-state index is 13.0. The molecule has 1 aliphatic rings. The summed E-state index contributed by atoms with van der Waals surface area (Å²) in [6.45, 7) is -0.494.